The van der Waals surface area contributed by atoms with Crippen LogP contribution in [-0.2, 0) is 0 Å². The molecule has 3 aromatic rings. The highest BCUT2D eigenvalue weighted by Gasteiger charge is 2.26. The normalized spacial score (nSPS) is 18.9. The second-order valence-electron chi connectivity index (χ2n) is 7.90. The predicted octanol–water partition coefficient (Wildman–Crippen LogP) is 4.46. The van der Waals surface area contributed by atoms with E-state index < -0.39 is 6.43 Å². The van der Waals surface area contributed by atoms with Crippen LogP contribution in [0.15, 0.2) is 48.7 Å². The standard InChI is InChI=1S/C23H26F2N4O2/c1-28(21-5-3-4-20-27-19(22(24)25)14-29(20)21)17-10-8-16(9-11-17)26-23(30)15-6-12-18(31-2)13-7-15/h3-7,12-14,16-17,22H,8-11H2,1-2H3,(H,26,30)/t16-,17+. The highest BCUT2D eigenvalue weighted by Crippen LogP contribution is 2.28. The lowest BCUT2D eigenvalue weighted by Crippen LogP contribution is -2.43. The highest BCUT2D eigenvalue weighted by atomic mass is 19.3. The molecule has 31 heavy (non-hydrogen) atoms. The van der Waals surface area contributed by atoms with Gasteiger partial charge in [0.15, 0.2) is 0 Å². The Morgan fingerprint density at radius 1 is 1.16 bits per heavy atom. The molecule has 164 valence electrons. The Balaban J connectivity index is 1.38. The minimum Gasteiger partial charge on any atom is -0.497 e. The van der Waals surface area contributed by atoms with Crippen LogP contribution >= 0.6 is 0 Å². The Morgan fingerprint density at radius 2 is 1.87 bits per heavy atom. The van der Waals surface area contributed by atoms with Crippen molar-refractivity contribution >= 4 is 17.4 Å². The molecule has 1 aliphatic rings. The van der Waals surface area contributed by atoms with Crippen LogP contribution in [0.2, 0.25) is 0 Å². The topological polar surface area (TPSA) is 58.9 Å². The summed E-state index contributed by atoms with van der Waals surface area (Å²) in [6, 6.07) is 12.9. The summed E-state index contributed by atoms with van der Waals surface area (Å²) in [5.41, 5.74) is 0.910. The van der Waals surface area contributed by atoms with Crippen molar-refractivity contribution in [3.63, 3.8) is 0 Å². The largest absolute Gasteiger partial charge is 0.497 e. The number of carbonyl (C=O) groups is 1. The smallest absolute Gasteiger partial charge is 0.281 e. The van der Waals surface area contributed by atoms with Gasteiger partial charge in [-0.15, -0.1) is 0 Å². The van der Waals surface area contributed by atoms with Crippen LogP contribution in [0, 0.1) is 0 Å². The van der Waals surface area contributed by atoms with E-state index in [1.165, 1.54) is 6.20 Å². The van der Waals surface area contributed by atoms with Crippen LogP contribution in [0.5, 0.6) is 5.75 Å². The van der Waals surface area contributed by atoms with E-state index in [1.54, 1.807) is 41.8 Å². The van der Waals surface area contributed by atoms with E-state index in [4.69, 9.17) is 4.74 Å². The highest BCUT2D eigenvalue weighted by molar-refractivity contribution is 5.94. The lowest BCUT2D eigenvalue weighted by molar-refractivity contribution is 0.0925. The molecule has 6 nitrogen and oxygen atoms in total. The third-order valence-corrected chi connectivity index (χ3v) is 6.01. The first-order valence-corrected chi connectivity index (χ1v) is 10.4. The van der Waals surface area contributed by atoms with Crippen molar-refractivity contribution in [2.75, 3.05) is 19.1 Å². The van der Waals surface area contributed by atoms with Gasteiger partial charge in [-0.2, -0.15) is 0 Å². The Morgan fingerprint density at radius 3 is 2.52 bits per heavy atom. The molecule has 1 saturated carbocycles. The number of imidazole rings is 1. The number of fused-ring (bicyclic) bond motifs is 1. The molecule has 0 saturated heterocycles. The molecule has 1 amide bonds. The summed E-state index contributed by atoms with van der Waals surface area (Å²) >= 11 is 0. The first-order valence-electron chi connectivity index (χ1n) is 10.4. The molecule has 4 rings (SSSR count). The first-order chi connectivity index (χ1) is 15.0. The van der Waals surface area contributed by atoms with E-state index in [1.807, 2.05) is 19.2 Å². The van der Waals surface area contributed by atoms with Crippen molar-refractivity contribution in [3.05, 3.63) is 59.9 Å². The predicted molar refractivity (Wildman–Crippen MR) is 115 cm³/mol. The quantitative estimate of drug-likeness (QED) is 0.630. The van der Waals surface area contributed by atoms with Crippen LogP contribution in [0.4, 0.5) is 14.6 Å². The van der Waals surface area contributed by atoms with E-state index >= 15 is 0 Å². The zero-order chi connectivity index (χ0) is 22.0. The summed E-state index contributed by atoms with van der Waals surface area (Å²) in [7, 11) is 3.58. The SMILES string of the molecule is COc1ccc(C(=O)N[C@H]2CC[C@@H](N(C)c3cccc4nc(C(F)F)cn34)CC2)cc1. The number of halogens is 2. The number of methoxy groups -OCH3 is 1. The van der Waals surface area contributed by atoms with Crippen molar-refractivity contribution < 1.29 is 18.3 Å². The van der Waals surface area contributed by atoms with Gasteiger partial charge >= 0.3 is 0 Å². The maximum absolute atomic E-state index is 13.1. The summed E-state index contributed by atoms with van der Waals surface area (Å²) in [5.74, 6) is 1.47. The zero-order valence-electron chi connectivity index (χ0n) is 17.6. The Bertz CT molecular complexity index is 1040. The molecule has 0 atom stereocenters. The molecule has 2 heterocycles. The van der Waals surface area contributed by atoms with Gasteiger partial charge in [0.25, 0.3) is 12.3 Å². The van der Waals surface area contributed by atoms with E-state index in [-0.39, 0.29) is 23.7 Å². The molecule has 1 N–H and O–H groups in total. The number of hydrogen-bond donors (Lipinski definition) is 1. The van der Waals surface area contributed by atoms with E-state index in [2.05, 4.69) is 15.2 Å². The summed E-state index contributed by atoms with van der Waals surface area (Å²) < 4.78 is 33.0. The first kappa shape index (κ1) is 21.1. The lowest BCUT2D eigenvalue weighted by atomic mass is 9.90. The van der Waals surface area contributed by atoms with Gasteiger partial charge in [-0.1, -0.05) is 6.07 Å². The Kier molecular flexibility index (Phi) is 6.06. The minimum atomic E-state index is -2.59. The molecule has 0 spiro atoms. The third kappa shape index (κ3) is 4.47. The van der Waals surface area contributed by atoms with Crippen molar-refractivity contribution in [1.29, 1.82) is 0 Å². The fourth-order valence-corrected chi connectivity index (χ4v) is 4.21. The van der Waals surface area contributed by atoms with Crippen LogP contribution in [0.3, 0.4) is 0 Å². The number of hydrogen-bond acceptors (Lipinski definition) is 4. The number of aromatic nitrogens is 2. The second-order valence-corrected chi connectivity index (χ2v) is 7.90. The fraction of sp³-hybridized carbons (Fsp3) is 0.391. The van der Waals surface area contributed by atoms with Crippen LogP contribution in [-0.4, -0.2) is 41.5 Å². The molecule has 8 heteroatoms. The van der Waals surface area contributed by atoms with Crippen LogP contribution in [0.1, 0.15) is 48.2 Å². The number of carbonyl (C=O) groups excluding carboxylic acids is 1. The molecule has 0 bridgehead atoms. The number of ether oxygens (including phenoxy) is 1. The number of benzene rings is 1. The van der Waals surface area contributed by atoms with Gasteiger partial charge in [-0.3, -0.25) is 9.20 Å². The molecule has 2 aromatic heterocycles. The van der Waals surface area contributed by atoms with E-state index in [0.29, 0.717) is 17.0 Å². The minimum absolute atomic E-state index is 0.0813. The second kappa shape index (κ2) is 8.91. The molecule has 0 radical (unpaired) electrons. The molecular formula is C23H26F2N4O2. The van der Waals surface area contributed by atoms with E-state index in [9.17, 15) is 13.6 Å². The number of amides is 1. The van der Waals surface area contributed by atoms with Gasteiger partial charge in [-0.25, -0.2) is 13.8 Å². The maximum Gasteiger partial charge on any atom is 0.281 e. The molecule has 1 aromatic carbocycles. The Labute approximate surface area is 179 Å². The lowest BCUT2D eigenvalue weighted by Gasteiger charge is -2.36. The van der Waals surface area contributed by atoms with Gasteiger partial charge in [0.2, 0.25) is 0 Å². The van der Waals surface area contributed by atoms with Crippen molar-refractivity contribution in [1.82, 2.24) is 14.7 Å². The molecule has 1 aliphatic carbocycles. The number of pyridine rings is 1. The number of rotatable bonds is 6. The van der Waals surface area contributed by atoms with E-state index in [0.717, 1.165) is 31.5 Å². The van der Waals surface area contributed by atoms with Crippen molar-refractivity contribution in [2.24, 2.45) is 0 Å². The van der Waals surface area contributed by atoms with Gasteiger partial charge in [0.05, 0.1) is 7.11 Å². The average Bonchev–Trinajstić information content (AvgIpc) is 3.24. The Hall–Kier alpha value is -3.16. The number of nitrogens with zero attached hydrogens (tertiary/aromatic N) is 3. The molecule has 0 aliphatic heterocycles. The zero-order valence-corrected chi connectivity index (χ0v) is 17.6. The maximum atomic E-state index is 13.1. The van der Waals surface area contributed by atoms with Crippen molar-refractivity contribution in [3.8, 4) is 5.75 Å². The molecular weight excluding hydrogens is 402 g/mol. The summed E-state index contributed by atoms with van der Waals surface area (Å²) in [5, 5.41) is 3.12. The van der Waals surface area contributed by atoms with Gasteiger partial charge in [-0.05, 0) is 62.1 Å². The fourth-order valence-electron chi connectivity index (χ4n) is 4.21. The van der Waals surface area contributed by atoms with Crippen LogP contribution < -0.4 is 15.0 Å². The monoisotopic (exact) mass is 428 g/mol. The third-order valence-electron chi connectivity index (χ3n) is 6.01. The summed E-state index contributed by atoms with van der Waals surface area (Å²) in [4.78, 5) is 18.7. The molecule has 0 unspecified atom stereocenters. The number of alkyl halides is 2. The number of nitrogens with one attached hydrogen (secondary N) is 1. The number of anilines is 1. The van der Waals surface area contributed by atoms with Crippen LogP contribution in [0.25, 0.3) is 5.65 Å². The summed E-state index contributed by atoms with van der Waals surface area (Å²) in [6.45, 7) is 0. The summed E-state index contributed by atoms with van der Waals surface area (Å²) in [6.07, 6.45) is 2.33. The van der Waals surface area contributed by atoms with Crippen molar-refractivity contribution in [2.45, 2.75) is 44.2 Å². The molecule has 1 fully saturated rings. The van der Waals surface area contributed by atoms with Gasteiger partial charge < -0.3 is 15.0 Å². The van der Waals surface area contributed by atoms with Gasteiger partial charge in [0.1, 0.15) is 22.9 Å². The van der Waals surface area contributed by atoms with Gasteiger partial charge in [0, 0.05) is 30.9 Å². The average molecular weight is 428 g/mol.